The Hall–Kier alpha value is -1.80. The Balaban J connectivity index is 1.87. The van der Waals surface area contributed by atoms with Crippen LogP contribution in [-0.2, 0) is 0 Å². The van der Waals surface area contributed by atoms with Crippen molar-refractivity contribution < 1.29 is 9.84 Å². The van der Waals surface area contributed by atoms with E-state index < -0.39 is 6.10 Å². The fourth-order valence-electron chi connectivity index (χ4n) is 3.32. The standard InChI is InChI=1S/C19H22O2/c1-12-8-13(2)10-15(9-12)21-18-11-14(3)16-6-4-5-7-17(16)19(18)20/h4-10,14,18-20H,11H2,1-3H3. The Morgan fingerprint density at radius 2 is 1.62 bits per heavy atom. The topological polar surface area (TPSA) is 29.5 Å². The summed E-state index contributed by atoms with van der Waals surface area (Å²) in [6.07, 6.45) is 0.0971. The molecule has 0 aromatic heterocycles. The summed E-state index contributed by atoms with van der Waals surface area (Å²) in [6, 6.07) is 14.3. The lowest BCUT2D eigenvalue weighted by atomic mass is 9.80. The highest BCUT2D eigenvalue weighted by Crippen LogP contribution is 2.39. The van der Waals surface area contributed by atoms with Crippen LogP contribution in [0.1, 0.15) is 47.6 Å². The molecule has 1 N–H and O–H groups in total. The van der Waals surface area contributed by atoms with E-state index in [0.29, 0.717) is 5.92 Å². The summed E-state index contributed by atoms with van der Waals surface area (Å²) in [4.78, 5) is 0. The molecule has 0 spiro atoms. The van der Waals surface area contributed by atoms with Gasteiger partial charge in [-0.2, -0.15) is 0 Å². The van der Waals surface area contributed by atoms with Gasteiger partial charge in [0.05, 0.1) is 0 Å². The second kappa shape index (κ2) is 5.53. The summed E-state index contributed by atoms with van der Waals surface area (Å²) < 4.78 is 6.11. The molecule has 0 bridgehead atoms. The van der Waals surface area contributed by atoms with Crippen molar-refractivity contribution in [2.75, 3.05) is 0 Å². The second-order valence-electron chi connectivity index (χ2n) is 6.19. The molecule has 2 heteroatoms. The van der Waals surface area contributed by atoms with Gasteiger partial charge in [-0.1, -0.05) is 37.3 Å². The Morgan fingerprint density at radius 3 is 2.29 bits per heavy atom. The maximum Gasteiger partial charge on any atom is 0.129 e. The maximum atomic E-state index is 10.6. The molecule has 0 heterocycles. The number of rotatable bonds is 2. The molecular formula is C19H22O2. The molecule has 0 aliphatic heterocycles. The van der Waals surface area contributed by atoms with Gasteiger partial charge in [0.1, 0.15) is 18.0 Å². The first-order chi connectivity index (χ1) is 10.0. The van der Waals surface area contributed by atoms with E-state index in [1.807, 2.05) is 30.3 Å². The molecule has 21 heavy (non-hydrogen) atoms. The fraction of sp³-hybridized carbons (Fsp3) is 0.368. The van der Waals surface area contributed by atoms with Crippen LogP contribution >= 0.6 is 0 Å². The highest BCUT2D eigenvalue weighted by molar-refractivity contribution is 5.37. The zero-order valence-electron chi connectivity index (χ0n) is 12.8. The maximum absolute atomic E-state index is 10.6. The molecule has 3 atom stereocenters. The molecule has 2 nitrogen and oxygen atoms in total. The first-order valence-electron chi connectivity index (χ1n) is 7.56. The van der Waals surface area contributed by atoms with E-state index in [1.54, 1.807) is 0 Å². The Labute approximate surface area is 126 Å². The lowest BCUT2D eigenvalue weighted by Gasteiger charge is -2.34. The van der Waals surface area contributed by atoms with Crippen LogP contribution in [0.4, 0.5) is 0 Å². The molecule has 110 valence electrons. The zero-order chi connectivity index (χ0) is 15.0. The Kier molecular flexibility index (Phi) is 3.73. The van der Waals surface area contributed by atoms with E-state index in [0.717, 1.165) is 17.7 Å². The van der Waals surface area contributed by atoms with Crippen molar-refractivity contribution >= 4 is 0 Å². The van der Waals surface area contributed by atoms with Gasteiger partial charge < -0.3 is 9.84 Å². The van der Waals surface area contributed by atoms with E-state index in [1.165, 1.54) is 16.7 Å². The average Bonchev–Trinajstić information content (AvgIpc) is 2.43. The summed E-state index contributed by atoms with van der Waals surface area (Å²) in [5.74, 6) is 1.25. The van der Waals surface area contributed by atoms with E-state index in [9.17, 15) is 5.11 Å². The van der Waals surface area contributed by atoms with E-state index in [2.05, 4.69) is 32.9 Å². The van der Waals surface area contributed by atoms with Crippen LogP contribution in [-0.4, -0.2) is 11.2 Å². The molecular weight excluding hydrogens is 260 g/mol. The monoisotopic (exact) mass is 282 g/mol. The molecule has 0 radical (unpaired) electrons. The van der Waals surface area contributed by atoms with Gasteiger partial charge in [0.15, 0.2) is 0 Å². The van der Waals surface area contributed by atoms with Crippen molar-refractivity contribution in [2.45, 2.75) is 45.3 Å². The van der Waals surface area contributed by atoms with Crippen LogP contribution in [0, 0.1) is 13.8 Å². The van der Waals surface area contributed by atoms with E-state index in [4.69, 9.17) is 4.74 Å². The number of aliphatic hydroxyl groups is 1. The van der Waals surface area contributed by atoms with Gasteiger partial charge in [-0.25, -0.2) is 0 Å². The van der Waals surface area contributed by atoms with Gasteiger partial charge in [0.25, 0.3) is 0 Å². The number of fused-ring (bicyclic) bond motifs is 1. The van der Waals surface area contributed by atoms with E-state index in [-0.39, 0.29) is 6.10 Å². The first kappa shape index (κ1) is 14.2. The summed E-state index contributed by atoms with van der Waals surface area (Å²) in [6.45, 7) is 6.33. The molecule has 0 saturated heterocycles. The molecule has 3 unspecified atom stereocenters. The molecule has 0 saturated carbocycles. The summed E-state index contributed by atoms with van der Waals surface area (Å²) in [7, 11) is 0. The highest BCUT2D eigenvalue weighted by Gasteiger charge is 2.33. The van der Waals surface area contributed by atoms with Crippen LogP contribution in [0.2, 0.25) is 0 Å². The van der Waals surface area contributed by atoms with Crippen molar-refractivity contribution in [2.24, 2.45) is 0 Å². The highest BCUT2D eigenvalue weighted by atomic mass is 16.5. The number of ether oxygens (including phenoxy) is 1. The van der Waals surface area contributed by atoms with E-state index >= 15 is 0 Å². The lowest BCUT2D eigenvalue weighted by Crippen LogP contribution is -2.32. The fourth-order valence-corrected chi connectivity index (χ4v) is 3.32. The van der Waals surface area contributed by atoms with Gasteiger partial charge in [-0.15, -0.1) is 0 Å². The first-order valence-corrected chi connectivity index (χ1v) is 7.56. The second-order valence-corrected chi connectivity index (χ2v) is 6.19. The van der Waals surface area contributed by atoms with Crippen molar-refractivity contribution in [1.29, 1.82) is 0 Å². The van der Waals surface area contributed by atoms with Crippen LogP contribution in [0.15, 0.2) is 42.5 Å². The minimum absolute atomic E-state index is 0.184. The van der Waals surface area contributed by atoms with Crippen LogP contribution in [0.25, 0.3) is 0 Å². The molecule has 0 fully saturated rings. The third-order valence-corrected chi connectivity index (χ3v) is 4.27. The molecule has 2 aromatic rings. The number of aryl methyl sites for hydroxylation is 2. The summed E-state index contributed by atoms with van der Waals surface area (Å²) in [5.41, 5.74) is 4.61. The minimum Gasteiger partial charge on any atom is -0.487 e. The summed E-state index contributed by atoms with van der Waals surface area (Å²) >= 11 is 0. The van der Waals surface area contributed by atoms with Crippen LogP contribution < -0.4 is 4.74 Å². The molecule has 2 aromatic carbocycles. The lowest BCUT2D eigenvalue weighted by molar-refractivity contribution is 0.0179. The number of hydrogen-bond acceptors (Lipinski definition) is 2. The van der Waals surface area contributed by atoms with Gasteiger partial charge in [-0.05, 0) is 60.6 Å². The predicted molar refractivity (Wildman–Crippen MR) is 84.8 cm³/mol. The normalized spacial score (nSPS) is 24.5. The van der Waals surface area contributed by atoms with Crippen molar-refractivity contribution in [1.82, 2.24) is 0 Å². The molecule has 3 rings (SSSR count). The van der Waals surface area contributed by atoms with Crippen molar-refractivity contribution in [3.05, 3.63) is 64.7 Å². The van der Waals surface area contributed by atoms with Crippen LogP contribution in [0.3, 0.4) is 0 Å². The van der Waals surface area contributed by atoms with Gasteiger partial charge in [0.2, 0.25) is 0 Å². The number of hydrogen-bond donors (Lipinski definition) is 1. The molecule has 1 aliphatic carbocycles. The molecule has 0 amide bonds. The quantitative estimate of drug-likeness (QED) is 0.890. The minimum atomic E-state index is -0.557. The Bertz CT molecular complexity index is 628. The number of aliphatic hydroxyl groups excluding tert-OH is 1. The largest absolute Gasteiger partial charge is 0.487 e. The summed E-state index contributed by atoms with van der Waals surface area (Å²) in [5, 5.41) is 10.6. The predicted octanol–water partition coefficient (Wildman–Crippen LogP) is 4.29. The average molecular weight is 282 g/mol. The number of benzene rings is 2. The molecule has 1 aliphatic rings. The third-order valence-electron chi connectivity index (χ3n) is 4.27. The zero-order valence-corrected chi connectivity index (χ0v) is 12.8. The van der Waals surface area contributed by atoms with Crippen molar-refractivity contribution in [3.8, 4) is 5.75 Å². The van der Waals surface area contributed by atoms with Crippen LogP contribution in [0.5, 0.6) is 5.75 Å². The Morgan fingerprint density at radius 1 is 1.00 bits per heavy atom. The third kappa shape index (κ3) is 2.81. The van der Waals surface area contributed by atoms with Gasteiger partial charge in [-0.3, -0.25) is 0 Å². The SMILES string of the molecule is Cc1cc(C)cc(OC2CC(C)c3ccccc3C2O)c1. The van der Waals surface area contributed by atoms with Crippen molar-refractivity contribution in [3.63, 3.8) is 0 Å². The van der Waals surface area contributed by atoms with Gasteiger partial charge >= 0.3 is 0 Å². The van der Waals surface area contributed by atoms with Gasteiger partial charge in [0, 0.05) is 0 Å². The smallest absolute Gasteiger partial charge is 0.129 e.